The van der Waals surface area contributed by atoms with Gasteiger partial charge in [-0.15, -0.1) is 11.3 Å². The summed E-state index contributed by atoms with van der Waals surface area (Å²) < 4.78 is 0. The van der Waals surface area contributed by atoms with Gasteiger partial charge < -0.3 is 5.32 Å². The first kappa shape index (κ1) is 15.7. The molecule has 4 rings (SSSR count). The van der Waals surface area contributed by atoms with Crippen LogP contribution in [0.25, 0.3) is 0 Å². The fourth-order valence-electron chi connectivity index (χ4n) is 4.12. The van der Waals surface area contributed by atoms with Crippen molar-refractivity contribution in [1.82, 2.24) is 20.2 Å². The predicted octanol–water partition coefficient (Wildman–Crippen LogP) is 2.48. The molecule has 0 aliphatic carbocycles. The molecule has 5 nitrogen and oxygen atoms in total. The lowest BCUT2D eigenvalue weighted by atomic mass is 9.74. The molecule has 0 saturated carbocycles. The van der Waals surface area contributed by atoms with Gasteiger partial charge in [0.15, 0.2) is 0 Å². The number of likely N-dealkylation sites (tertiary alicyclic amines) is 1. The molecule has 2 aromatic rings. The first-order valence-electron chi connectivity index (χ1n) is 8.49. The summed E-state index contributed by atoms with van der Waals surface area (Å²) in [6.45, 7) is 4.96. The lowest BCUT2D eigenvalue weighted by Gasteiger charge is -2.42. The molecule has 2 saturated heterocycles. The standard InChI is InChI=1S/C18H22N4OS/c1-13-20-15(12-24-13)11-22-8-4-18(5-9-22)16(10-17(23)21-18)14-2-6-19-7-3-14/h2-3,6-7,12,16H,4-5,8-11H2,1H3,(H,21,23)/t16-/m0/s1. The molecule has 2 aliphatic heterocycles. The maximum absolute atomic E-state index is 12.1. The van der Waals surface area contributed by atoms with Crippen molar-refractivity contribution in [3.63, 3.8) is 0 Å². The Bertz CT molecular complexity index is 722. The highest BCUT2D eigenvalue weighted by atomic mass is 32.1. The number of thiazole rings is 1. The molecule has 0 unspecified atom stereocenters. The molecule has 2 aromatic heterocycles. The Morgan fingerprint density at radius 3 is 2.75 bits per heavy atom. The average molecular weight is 342 g/mol. The molecule has 1 atom stereocenters. The summed E-state index contributed by atoms with van der Waals surface area (Å²) in [4.78, 5) is 23.3. The molecule has 6 heteroatoms. The maximum Gasteiger partial charge on any atom is 0.221 e. The van der Waals surface area contributed by atoms with E-state index in [0.29, 0.717) is 6.42 Å². The van der Waals surface area contributed by atoms with Crippen molar-refractivity contribution >= 4 is 17.2 Å². The minimum Gasteiger partial charge on any atom is -0.350 e. The third-order valence-corrected chi connectivity index (χ3v) is 6.18. The van der Waals surface area contributed by atoms with Gasteiger partial charge in [0.2, 0.25) is 5.91 Å². The van der Waals surface area contributed by atoms with Crippen molar-refractivity contribution in [2.45, 2.75) is 44.2 Å². The number of aromatic nitrogens is 2. The SMILES string of the molecule is Cc1nc(CN2CCC3(CC2)NC(=O)C[C@H]3c2ccncc2)cs1. The second-order valence-corrected chi connectivity index (χ2v) is 7.94. The Balaban J connectivity index is 1.47. The van der Waals surface area contributed by atoms with Crippen LogP contribution in [0.5, 0.6) is 0 Å². The number of aryl methyl sites for hydroxylation is 1. The average Bonchev–Trinajstić information content (AvgIpc) is 3.14. The van der Waals surface area contributed by atoms with E-state index in [1.54, 1.807) is 11.3 Å². The van der Waals surface area contributed by atoms with Crippen LogP contribution >= 0.6 is 11.3 Å². The van der Waals surface area contributed by atoms with Crippen LogP contribution in [0.2, 0.25) is 0 Å². The minimum absolute atomic E-state index is 0.0903. The lowest BCUT2D eigenvalue weighted by Crippen LogP contribution is -2.53. The Morgan fingerprint density at radius 2 is 2.08 bits per heavy atom. The Morgan fingerprint density at radius 1 is 1.33 bits per heavy atom. The molecule has 0 bridgehead atoms. The summed E-state index contributed by atoms with van der Waals surface area (Å²) in [5, 5.41) is 6.58. The number of nitrogens with one attached hydrogen (secondary N) is 1. The number of nitrogens with zero attached hydrogens (tertiary/aromatic N) is 3. The van der Waals surface area contributed by atoms with Crippen LogP contribution in [0.15, 0.2) is 29.9 Å². The van der Waals surface area contributed by atoms with Crippen LogP contribution in [0.1, 0.15) is 41.4 Å². The second-order valence-electron chi connectivity index (χ2n) is 6.88. The fraction of sp³-hybridized carbons (Fsp3) is 0.500. The summed E-state index contributed by atoms with van der Waals surface area (Å²) in [5.74, 6) is 0.442. The van der Waals surface area contributed by atoms with Crippen LogP contribution in [-0.4, -0.2) is 39.4 Å². The van der Waals surface area contributed by atoms with Crippen LogP contribution in [-0.2, 0) is 11.3 Å². The first-order chi connectivity index (χ1) is 11.6. The van der Waals surface area contributed by atoms with Gasteiger partial charge in [0.25, 0.3) is 0 Å². The van der Waals surface area contributed by atoms with Gasteiger partial charge in [-0.05, 0) is 37.5 Å². The van der Waals surface area contributed by atoms with Crippen molar-refractivity contribution in [3.8, 4) is 0 Å². The van der Waals surface area contributed by atoms with Crippen LogP contribution in [0.4, 0.5) is 0 Å². The van der Waals surface area contributed by atoms with E-state index in [1.165, 1.54) is 5.56 Å². The van der Waals surface area contributed by atoms with Crippen molar-refractivity contribution in [3.05, 3.63) is 46.2 Å². The number of hydrogen-bond acceptors (Lipinski definition) is 5. The molecule has 126 valence electrons. The number of amides is 1. The van der Waals surface area contributed by atoms with Gasteiger partial charge in [0.05, 0.1) is 10.7 Å². The smallest absolute Gasteiger partial charge is 0.221 e. The molecule has 2 aliphatic rings. The summed E-state index contributed by atoms with van der Waals surface area (Å²) in [6, 6.07) is 4.11. The van der Waals surface area contributed by atoms with E-state index in [4.69, 9.17) is 0 Å². The molecular weight excluding hydrogens is 320 g/mol. The molecular formula is C18H22N4OS. The number of piperidine rings is 1. The van der Waals surface area contributed by atoms with Gasteiger partial charge in [-0.3, -0.25) is 14.7 Å². The van der Waals surface area contributed by atoms with Gasteiger partial charge in [-0.25, -0.2) is 4.98 Å². The van der Waals surface area contributed by atoms with E-state index < -0.39 is 0 Å². The number of rotatable bonds is 3. The van der Waals surface area contributed by atoms with E-state index in [9.17, 15) is 4.79 Å². The summed E-state index contributed by atoms with van der Waals surface area (Å²) >= 11 is 1.71. The zero-order chi connectivity index (χ0) is 16.6. The lowest BCUT2D eigenvalue weighted by molar-refractivity contribution is -0.120. The number of pyridine rings is 1. The Hall–Kier alpha value is -1.79. The second kappa shape index (κ2) is 6.26. The van der Waals surface area contributed by atoms with Crippen molar-refractivity contribution < 1.29 is 4.79 Å². The van der Waals surface area contributed by atoms with Crippen LogP contribution < -0.4 is 5.32 Å². The topological polar surface area (TPSA) is 58.1 Å². The van der Waals surface area contributed by atoms with Gasteiger partial charge in [-0.2, -0.15) is 0 Å². The molecule has 1 amide bonds. The number of hydrogen-bond donors (Lipinski definition) is 1. The molecule has 0 aromatic carbocycles. The monoisotopic (exact) mass is 342 g/mol. The largest absolute Gasteiger partial charge is 0.350 e. The quantitative estimate of drug-likeness (QED) is 0.931. The molecule has 24 heavy (non-hydrogen) atoms. The van der Waals surface area contributed by atoms with E-state index in [2.05, 4.69) is 37.7 Å². The maximum atomic E-state index is 12.1. The first-order valence-corrected chi connectivity index (χ1v) is 9.37. The highest BCUT2D eigenvalue weighted by molar-refractivity contribution is 7.09. The van der Waals surface area contributed by atoms with Gasteiger partial charge >= 0.3 is 0 Å². The van der Waals surface area contributed by atoms with Crippen molar-refractivity contribution in [1.29, 1.82) is 0 Å². The summed E-state index contributed by atoms with van der Waals surface area (Å²) in [7, 11) is 0. The zero-order valence-electron chi connectivity index (χ0n) is 13.9. The molecule has 4 heterocycles. The Kier molecular flexibility index (Phi) is 4.10. The number of carbonyl (C=O) groups excluding carboxylic acids is 1. The van der Waals surface area contributed by atoms with Crippen LogP contribution in [0, 0.1) is 6.92 Å². The van der Waals surface area contributed by atoms with Crippen LogP contribution in [0.3, 0.4) is 0 Å². The van der Waals surface area contributed by atoms with Crippen molar-refractivity contribution in [2.75, 3.05) is 13.1 Å². The van der Waals surface area contributed by atoms with Gasteiger partial charge in [0, 0.05) is 55.3 Å². The fourth-order valence-corrected chi connectivity index (χ4v) is 4.73. The molecule has 0 radical (unpaired) electrons. The minimum atomic E-state index is -0.0903. The van der Waals surface area contributed by atoms with E-state index >= 15 is 0 Å². The summed E-state index contributed by atoms with van der Waals surface area (Å²) in [6.07, 6.45) is 6.23. The highest BCUT2D eigenvalue weighted by Gasteiger charge is 2.48. The predicted molar refractivity (Wildman–Crippen MR) is 93.8 cm³/mol. The normalized spacial score (nSPS) is 23.5. The van der Waals surface area contributed by atoms with E-state index in [0.717, 1.165) is 43.2 Å². The van der Waals surface area contributed by atoms with E-state index in [1.807, 2.05) is 19.3 Å². The summed E-state index contributed by atoms with van der Waals surface area (Å²) in [5.41, 5.74) is 2.30. The van der Waals surface area contributed by atoms with Gasteiger partial charge in [-0.1, -0.05) is 0 Å². The van der Waals surface area contributed by atoms with Gasteiger partial charge in [0.1, 0.15) is 0 Å². The third kappa shape index (κ3) is 2.96. The Labute approximate surface area is 146 Å². The van der Waals surface area contributed by atoms with Crippen molar-refractivity contribution in [2.24, 2.45) is 0 Å². The molecule has 1 N–H and O–H groups in total. The number of carbonyl (C=O) groups is 1. The third-order valence-electron chi connectivity index (χ3n) is 5.35. The molecule has 1 spiro atoms. The van der Waals surface area contributed by atoms with E-state index in [-0.39, 0.29) is 17.4 Å². The molecule has 2 fully saturated rings. The zero-order valence-corrected chi connectivity index (χ0v) is 14.7. The highest BCUT2D eigenvalue weighted by Crippen LogP contribution is 2.43.